The van der Waals surface area contributed by atoms with Crippen molar-refractivity contribution in [3.8, 4) is 5.69 Å². The van der Waals surface area contributed by atoms with Gasteiger partial charge in [-0.3, -0.25) is 0 Å². The molecule has 0 aliphatic carbocycles. The van der Waals surface area contributed by atoms with Crippen LogP contribution in [0.5, 0.6) is 0 Å². The van der Waals surface area contributed by atoms with E-state index in [0.29, 0.717) is 10.7 Å². The predicted octanol–water partition coefficient (Wildman–Crippen LogP) is 4.50. The second kappa shape index (κ2) is 5.25. The van der Waals surface area contributed by atoms with Crippen molar-refractivity contribution in [2.45, 2.75) is 25.9 Å². The van der Waals surface area contributed by atoms with E-state index >= 15 is 0 Å². The highest BCUT2D eigenvalue weighted by Gasteiger charge is 2.32. The quantitative estimate of drug-likeness (QED) is 0.813. The van der Waals surface area contributed by atoms with Gasteiger partial charge in [0.1, 0.15) is 0 Å². The summed E-state index contributed by atoms with van der Waals surface area (Å²) in [6.45, 7) is 1.99. The number of aromatic nitrogens is 2. The van der Waals surface area contributed by atoms with Crippen LogP contribution in [-0.2, 0) is 12.6 Å². The fraction of sp³-hybridized carbons (Fsp3) is 0.308. The summed E-state index contributed by atoms with van der Waals surface area (Å²) in [5, 5.41) is 4.34. The molecule has 1 aromatic heterocycles. The van der Waals surface area contributed by atoms with E-state index in [1.165, 1.54) is 4.68 Å². The maximum Gasteiger partial charge on any atom is 0.419 e. The normalized spacial score (nSPS) is 11.8. The van der Waals surface area contributed by atoms with Crippen molar-refractivity contribution in [2.24, 2.45) is 0 Å². The summed E-state index contributed by atoms with van der Waals surface area (Å²) < 4.78 is 38.9. The minimum atomic E-state index is -4.38. The number of alkyl halides is 3. The highest BCUT2D eigenvalue weighted by Crippen LogP contribution is 2.30. The molecule has 0 aliphatic heterocycles. The molecule has 0 fully saturated rings. The predicted molar refractivity (Wildman–Crippen MR) is 67.6 cm³/mol. The number of rotatable bonds is 3. The molecule has 1 heterocycles. The third kappa shape index (κ3) is 3.10. The molecule has 2 aromatic rings. The van der Waals surface area contributed by atoms with Gasteiger partial charge in [0, 0.05) is 11.2 Å². The van der Waals surface area contributed by atoms with Crippen LogP contribution in [0.15, 0.2) is 30.6 Å². The van der Waals surface area contributed by atoms with E-state index in [2.05, 4.69) is 5.10 Å². The molecule has 0 N–H and O–H groups in total. The fourth-order valence-electron chi connectivity index (χ4n) is 1.85. The third-order valence-electron chi connectivity index (χ3n) is 2.72. The van der Waals surface area contributed by atoms with Crippen molar-refractivity contribution in [2.75, 3.05) is 0 Å². The lowest BCUT2D eigenvalue weighted by atomic mass is 10.1. The van der Waals surface area contributed by atoms with Gasteiger partial charge in [-0.2, -0.15) is 18.3 Å². The highest BCUT2D eigenvalue weighted by atomic mass is 35.5. The van der Waals surface area contributed by atoms with Crippen LogP contribution in [-0.4, -0.2) is 9.78 Å². The largest absolute Gasteiger partial charge is 0.419 e. The first-order valence-corrected chi connectivity index (χ1v) is 6.20. The van der Waals surface area contributed by atoms with Gasteiger partial charge < -0.3 is 0 Å². The molecule has 2 nitrogen and oxygen atoms in total. The molecule has 102 valence electrons. The lowest BCUT2D eigenvalue weighted by Crippen LogP contribution is -2.04. The average molecular weight is 289 g/mol. The van der Waals surface area contributed by atoms with E-state index in [-0.39, 0.29) is 0 Å². The number of nitrogens with zero attached hydrogens (tertiary/aromatic N) is 2. The summed E-state index contributed by atoms with van der Waals surface area (Å²) in [5.74, 6) is 0. The summed E-state index contributed by atoms with van der Waals surface area (Å²) in [5.41, 5.74) is 0.749. The van der Waals surface area contributed by atoms with Gasteiger partial charge in [-0.1, -0.05) is 24.9 Å². The first kappa shape index (κ1) is 13.9. The van der Waals surface area contributed by atoms with Gasteiger partial charge in [0.2, 0.25) is 0 Å². The molecule has 0 radical (unpaired) electrons. The molecule has 0 aliphatic rings. The number of halogens is 4. The molecule has 0 atom stereocenters. The Morgan fingerprint density at radius 3 is 2.63 bits per heavy atom. The fourth-order valence-corrected chi connectivity index (χ4v) is 2.04. The monoisotopic (exact) mass is 288 g/mol. The van der Waals surface area contributed by atoms with Crippen LogP contribution in [0.3, 0.4) is 0 Å². The zero-order valence-electron chi connectivity index (χ0n) is 10.2. The van der Waals surface area contributed by atoms with Gasteiger partial charge in [0.15, 0.2) is 0 Å². The summed E-state index contributed by atoms with van der Waals surface area (Å²) in [6.07, 6.45) is -0.958. The van der Waals surface area contributed by atoms with Crippen LogP contribution in [0.2, 0.25) is 5.02 Å². The van der Waals surface area contributed by atoms with Crippen molar-refractivity contribution >= 4 is 11.6 Å². The Morgan fingerprint density at radius 2 is 2.05 bits per heavy atom. The Bertz CT molecular complexity index is 576. The molecule has 0 spiro atoms. The molecule has 0 bridgehead atoms. The van der Waals surface area contributed by atoms with Crippen LogP contribution >= 0.6 is 11.6 Å². The van der Waals surface area contributed by atoms with Crippen molar-refractivity contribution in [1.29, 1.82) is 0 Å². The first-order valence-electron chi connectivity index (χ1n) is 5.82. The van der Waals surface area contributed by atoms with Gasteiger partial charge in [-0.05, 0) is 30.2 Å². The molecule has 0 unspecified atom stereocenters. The Balaban J connectivity index is 2.44. The van der Waals surface area contributed by atoms with E-state index in [1.54, 1.807) is 18.2 Å². The Morgan fingerprint density at radius 1 is 1.32 bits per heavy atom. The summed E-state index contributed by atoms with van der Waals surface area (Å²) in [6, 6.07) is 5.08. The van der Waals surface area contributed by atoms with E-state index in [1.807, 2.05) is 6.92 Å². The zero-order chi connectivity index (χ0) is 14.0. The lowest BCUT2D eigenvalue weighted by molar-refractivity contribution is -0.137. The second-order valence-electron chi connectivity index (χ2n) is 4.19. The van der Waals surface area contributed by atoms with E-state index < -0.39 is 11.7 Å². The number of hydrogen-bond acceptors (Lipinski definition) is 1. The molecule has 6 heteroatoms. The lowest BCUT2D eigenvalue weighted by Gasteiger charge is -2.09. The third-order valence-corrected chi connectivity index (χ3v) is 2.95. The smallest absolute Gasteiger partial charge is 0.240 e. The first-order chi connectivity index (χ1) is 8.91. The highest BCUT2D eigenvalue weighted by molar-refractivity contribution is 6.30. The minimum absolute atomic E-state index is 0.565. The zero-order valence-corrected chi connectivity index (χ0v) is 11.0. The molecule has 2 rings (SSSR count). The average Bonchev–Trinajstić information content (AvgIpc) is 2.78. The second-order valence-corrected chi connectivity index (χ2v) is 4.63. The topological polar surface area (TPSA) is 17.8 Å². The maximum absolute atomic E-state index is 12.6. The number of hydrogen-bond donors (Lipinski definition) is 0. The van der Waals surface area contributed by atoms with Gasteiger partial charge >= 0.3 is 6.18 Å². The maximum atomic E-state index is 12.6. The number of benzene rings is 1. The summed E-state index contributed by atoms with van der Waals surface area (Å²) in [7, 11) is 0. The summed E-state index contributed by atoms with van der Waals surface area (Å²) >= 11 is 5.91. The Labute approximate surface area is 113 Å². The Kier molecular flexibility index (Phi) is 3.85. The molecule has 0 saturated carbocycles. The van der Waals surface area contributed by atoms with Crippen LogP contribution in [0.4, 0.5) is 13.2 Å². The SMILES string of the molecule is CCCc1cc(Cl)ccc1-n1cc(C(F)(F)F)cn1. The summed E-state index contributed by atoms with van der Waals surface area (Å²) in [4.78, 5) is 0. The van der Waals surface area contributed by atoms with Crippen molar-refractivity contribution in [1.82, 2.24) is 9.78 Å². The van der Waals surface area contributed by atoms with Gasteiger partial charge in [-0.25, -0.2) is 4.68 Å². The molecule has 0 amide bonds. The number of aryl methyl sites for hydroxylation is 1. The molecule has 0 saturated heterocycles. The van der Waals surface area contributed by atoms with Gasteiger partial charge in [0.25, 0.3) is 0 Å². The molecule has 1 aromatic carbocycles. The minimum Gasteiger partial charge on any atom is -0.240 e. The van der Waals surface area contributed by atoms with Crippen molar-refractivity contribution in [3.63, 3.8) is 0 Å². The standard InChI is InChI=1S/C13H12ClF3N2/c1-2-3-9-6-11(14)4-5-12(9)19-8-10(7-18-19)13(15,16)17/h4-8H,2-3H2,1H3. The van der Waals surface area contributed by atoms with Gasteiger partial charge in [-0.15, -0.1) is 0 Å². The van der Waals surface area contributed by atoms with Crippen molar-refractivity contribution < 1.29 is 13.2 Å². The van der Waals surface area contributed by atoms with E-state index in [9.17, 15) is 13.2 Å². The van der Waals surface area contributed by atoms with Crippen LogP contribution in [0.1, 0.15) is 24.5 Å². The van der Waals surface area contributed by atoms with Crippen molar-refractivity contribution in [3.05, 3.63) is 46.7 Å². The van der Waals surface area contributed by atoms with E-state index in [0.717, 1.165) is 30.8 Å². The Hall–Kier alpha value is -1.49. The molecule has 19 heavy (non-hydrogen) atoms. The van der Waals surface area contributed by atoms with Gasteiger partial charge in [0.05, 0.1) is 17.4 Å². The van der Waals surface area contributed by atoms with Crippen LogP contribution < -0.4 is 0 Å². The molecular formula is C13H12ClF3N2. The van der Waals surface area contributed by atoms with E-state index in [4.69, 9.17) is 11.6 Å². The van der Waals surface area contributed by atoms with Crippen LogP contribution in [0.25, 0.3) is 5.69 Å². The van der Waals surface area contributed by atoms with Crippen LogP contribution in [0, 0.1) is 0 Å². The molecular weight excluding hydrogens is 277 g/mol.